The van der Waals surface area contributed by atoms with Crippen molar-refractivity contribution >= 4 is 37.5 Å². The van der Waals surface area contributed by atoms with Crippen LogP contribution in [0.2, 0.25) is 0 Å². The number of halogens is 1. The molecule has 1 heterocycles. The van der Waals surface area contributed by atoms with Crippen molar-refractivity contribution in [2.75, 3.05) is 18.0 Å². The Hall–Kier alpha value is -3.04. The minimum atomic E-state index is -4.08. The number of ether oxygens (including phenoxy) is 2. The summed E-state index contributed by atoms with van der Waals surface area (Å²) in [6.07, 6.45) is 0.553. The Morgan fingerprint density at radius 2 is 1.76 bits per heavy atom. The Bertz CT molecular complexity index is 1420. The number of aryl methyl sites for hydroxylation is 2. The summed E-state index contributed by atoms with van der Waals surface area (Å²) in [6, 6.07) is 17.1. The molecule has 0 aliphatic carbocycles. The zero-order valence-electron chi connectivity index (χ0n) is 21.5. The van der Waals surface area contributed by atoms with Crippen LogP contribution in [0, 0.1) is 13.8 Å². The number of hydrogen-bond acceptors (Lipinski definition) is 5. The molecule has 0 saturated carbocycles. The molecule has 1 amide bonds. The molecule has 1 atom stereocenters. The lowest BCUT2D eigenvalue weighted by Crippen LogP contribution is -2.45. The number of nitrogens with zero attached hydrogens (tertiary/aromatic N) is 1. The molecule has 1 aliphatic heterocycles. The SMILES string of the molecule is COc1ccc(S(=O)(=O)N(CC(=O)NC2CC(C)(C)Oc3ccc(C)cc32)c2ccc(C)cc2)cc1Br. The Kier molecular flexibility index (Phi) is 7.57. The number of anilines is 1. The van der Waals surface area contributed by atoms with Crippen molar-refractivity contribution in [2.45, 2.75) is 50.7 Å². The number of amides is 1. The molecular formula is C28H31BrN2O5S. The fourth-order valence-electron chi connectivity index (χ4n) is 4.43. The molecule has 0 saturated heterocycles. The summed E-state index contributed by atoms with van der Waals surface area (Å²) in [5.74, 6) is 0.819. The topological polar surface area (TPSA) is 84.9 Å². The van der Waals surface area contributed by atoms with Gasteiger partial charge in [0, 0.05) is 12.0 Å². The van der Waals surface area contributed by atoms with E-state index in [1.165, 1.54) is 19.2 Å². The van der Waals surface area contributed by atoms with Crippen LogP contribution in [-0.2, 0) is 14.8 Å². The number of nitrogens with one attached hydrogen (secondary N) is 1. The van der Waals surface area contributed by atoms with Crippen LogP contribution in [0.4, 0.5) is 5.69 Å². The first kappa shape index (κ1) is 27.0. The molecule has 0 radical (unpaired) electrons. The van der Waals surface area contributed by atoms with E-state index in [2.05, 4.69) is 21.2 Å². The maximum atomic E-state index is 13.8. The number of rotatable bonds is 7. The molecule has 3 aromatic carbocycles. The van der Waals surface area contributed by atoms with Crippen molar-refractivity contribution in [3.63, 3.8) is 0 Å². The van der Waals surface area contributed by atoms with Gasteiger partial charge in [-0.2, -0.15) is 0 Å². The fraction of sp³-hybridized carbons (Fsp3) is 0.321. The lowest BCUT2D eigenvalue weighted by molar-refractivity contribution is -0.120. The summed E-state index contributed by atoms with van der Waals surface area (Å²) in [5.41, 5.74) is 2.83. The van der Waals surface area contributed by atoms with Gasteiger partial charge in [0.05, 0.1) is 28.2 Å². The molecule has 37 heavy (non-hydrogen) atoms. The molecule has 1 unspecified atom stereocenters. The quantitative estimate of drug-likeness (QED) is 0.384. The van der Waals surface area contributed by atoms with Crippen molar-refractivity contribution in [3.8, 4) is 11.5 Å². The summed E-state index contributed by atoms with van der Waals surface area (Å²) in [5, 5.41) is 3.07. The normalized spacial score (nSPS) is 16.3. The Balaban J connectivity index is 1.67. The van der Waals surface area contributed by atoms with E-state index in [9.17, 15) is 13.2 Å². The summed E-state index contributed by atoms with van der Waals surface area (Å²) in [4.78, 5) is 13.5. The smallest absolute Gasteiger partial charge is 0.264 e. The number of sulfonamides is 1. The van der Waals surface area contributed by atoms with Gasteiger partial charge >= 0.3 is 0 Å². The van der Waals surface area contributed by atoms with Crippen LogP contribution in [-0.4, -0.2) is 33.6 Å². The molecule has 7 nitrogen and oxygen atoms in total. The first-order chi connectivity index (χ1) is 17.4. The molecule has 0 fully saturated rings. The standard InChI is InChI=1S/C28H31BrN2O5S/c1-18-6-9-20(10-7-18)31(37(33,34)21-11-13-26(35-5)23(29)15-21)17-27(32)30-24-16-28(3,4)36-25-12-8-19(2)14-22(24)25/h6-15,24H,16-17H2,1-5H3,(H,30,32). The maximum Gasteiger partial charge on any atom is 0.264 e. The second kappa shape index (κ2) is 10.4. The monoisotopic (exact) mass is 586 g/mol. The highest BCUT2D eigenvalue weighted by Crippen LogP contribution is 2.40. The zero-order valence-corrected chi connectivity index (χ0v) is 23.9. The molecular weight excluding hydrogens is 556 g/mol. The summed E-state index contributed by atoms with van der Waals surface area (Å²) < 4.78 is 40.6. The van der Waals surface area contributed by atoms with Crippen molar-refractivity contribution in [1.82, 2.24) is 5.32 Å². The summed E-state index contributed by atoms with van der Waals surface area (Å²) in [6.45, 7) is 7.47. The Labute approximate surface area is 227 Å². The van der Waals surface area contributed by atoms with Crippen molar-refractivity contribution in [1.29, 1.82) is 0 Å². The molecule has 4 rings (SSSR count). The van der Waals surface area contributed by atoms with Gasteiger partial charge in [-0.25, -0.2) is 8.42 Å². The van der Waals surface area contributed by atoms with Gasteiger partial charge in [-0.1, -0.05) is 35.4 Å². The van der Waals surface area contributed by atoms with Crippen molar-refractivity contribution in [2.24, 2.45) is 0 Å². The van der Waals surface area contributed by atoms with Gasteiger partial charge < -0.3 is 14.8 Å². The number of hydrogen-bond donors (Lipinski definition) is 1. The van der Waals surface area contributed by atoms with Crippen LogP contribution < -0.4 is 19.1 Å². The molecule has 1 N–H and O–H groups in total. The highest BCUT2D eigenvalue weighted by Gasteiger charge is 2.36. The second-order valence-corrected chi connectivity index (χ2v) is 12.6. The van der Waals surface area contributed by atoms with Gasteiger partial charge in [0.2, 0.25) is 5.91 Å². The molecule has 1 aliphatic rings. The first-order valence-corrected chi connectivity index (χ1v) is 14.1. The number of benzene rings is 3. The molecule has 0 spiro atoms. The number of methoxy groups -OCH3 is 1. The van der Waals surface area contributed by atoms with Crippen LogP contribution in [0.25, 0.3) is 0 Å². The minimum Gasteiger partial charge on any atom is -0.496 e. The van der Waals surface area contributed by atoms with Crippen molar-refractivity contribution in [3.05, 3.63) is 81.8 Å². The van der Waals surface area contributed by atoms with Gasteiger partial charge in [0.25, 0.3) is 10.0 Å². The number of fused-ring (bicyclic) bond motifs is 1. The Morgan fingerprint density at radius 1 is 1.08 bits per heavy atom. The van der Waals surface area contributed by atoms with E-state index in [1.807, 2.05) is 58.0 Å². The molecule has 0 aromatic heterocycles. The zero-order chi connectivity index (χ0) is 27.0. The minimum absolute atomic E-state index is 0.0433. The van der Waals surface area contributed by atoms with E-state index >= 15 is 0 Å². The molecule has 0 bridgehead atoms. The van der Waals surface area contributed by atoms with E-state index in [0.29, 0.717) is 22.3 Å². The third-order valence-electron chi connectivity index (χ3n) is 6.28. The van der Waals surface area contributed by atoms with Crippen LogP contribution in [0.3, 0.4) is 0 Å². The highest BCUT2D eigenvalue weighted by atomic mass is 79.9. The van der Waals surface area contributed by atoms with E-state index < -0.39 is 21.5 Å². The summed E-state index contributed by atoms with van der Waals surface area (Å²) >= 11 is 3.36. The number of carbonyl (C=O) groups is 1. The van der Waals surface area contributed by atoms with Gasteiger partial charge in [0.15, 0.2) is 0 Å². The lowest BCUT2D eigenvalue weighted by Gasteiger charge is -2.38. The number of carbonyl (C=O) groups excluding carboxylic acids is 1. The molecule has 9 heteroatoms. The fourth-order valence-corrected chi connectivity index (χ4v) is 6.57. The molecule has 3 aromatic rings. The van der Waals surface area contributed by atoms with Gasteiger partial charge in [-0.15, -0.1) is 0 Å². The van der Waals surface area contributed by atoms with E-state index in [1.54, 1.807) is 18.2 Å². The third kappa shape index (κ3) is 5.93. The predicted molar refractivity (Wildman–Crippen MR) is 148 cm³/mol. The van der Waals surface area contributed by atoms with Crippen LogP contribution in [0.1, 0.15) is 43.0 Å². The van der Waals surface area contributed by atoms with Crippen LogP contribution >= 0.6 is 15.9 Å². The highest BCUT2D eigenvalue weighted by molar-refractivity contribution is 9.10. The lowest BCUT2D eigenvalue weighted by atomic mass is 9.89. The first-order valence-electron chi connectivity index (χ1n) is 11.9. The second-order valence-electron chi connectivity index (χ2n) is 9.87. The average Bonchev–Trinajstić information content (AvgIpc) is 2.83. The van der Waals surface area contributed by atoms with Gasteiger partial charge in [0.1, 0.15) is 23.6 Å². The van der Waals surface area contributed by atoms with Crippen LogP contribution in [0.5, 0.6) is 11.5 Å². The Morgan fingerprint density at radius 3 is 2.41 bits per heavy atom. The average molecular weight is 588 g/mol. The summed E-state index contributed by atoms with van der Waals surface area (Å²) in [7, 11) is -2.57. The van der Waals surface area contributed by atoms with E-state index in [-0.39, 0.29) is 17.5 Å². The van der Waals surface area contributed by atoms with Gasteiger partial charge in [-0.05, 0) is 80.0 Å². The predicted octanol–water partition coefficient (Wildman–Crippen LogP) is 5.69. The molecule has 196 valence electrons. The largest absolute Gasteiger partial charge is 0.496 e. The van der Waals surface area contributed by atoms with Crippen LogP contribution in [0.15, 0.2) is 70.0 Å². The van der Waals surface area contributed by atoms with E-state index in [4.69, 9.17) is 9.47 Å². The maximum absolute atomic E-state index is 13.8. The third-order valence-corrected chi connectivity index (χ3v) is 8.67. The van der Waals surface area contributed by atoms with Gasteiger partial charge in [-0.3, -0.25) is 9.10 Å². The van der Waals surface area contributed by atoms with E-state index in [0.717, 1.165) is 26.7 Å². The van der Waals surface area contributed by atoms with Crippen molar-refractivity contribution < 1.29 is 22.7 Å².